The molecule has 1 N–H and O–H groups in total. The third kappa shape index (κ3) is 6.14. The van der Waals surface area contributed by atoms with E-state index in [0.717, 1.165) is 28.4 Å². The fraction of sp³-hybridized carbons (Fsp3) is 0.429. The van der Waals surface area contributed by atoms with Crippen LogP contribution in [0.3, 0.4) is 0 Å². The lowest BCUT2D eigenvalue weighted by Gasteiger charge is -2.01. The van der Waals surface area contributed by atoms with Crippen LogP contribution in [0.15, 0.2) is 24.3 Å². The molecule has 4 heteroatoms. The van der Waals surface area contributed by atoms with Crippen LogP contribution in [-0.4, -0.2) is 16.9 Å². The van der Waals surface area contributed by atoms with E-state index in [9.17, 15) is 9.59 Å². The first-order chi connectivity index (χ1) is 8.59. The van der Waals surface area contributed by atoms with E-state index in [1.807, 2.05) is 24.3 Å². The lowest BCUT2D eigenvalue weighted by atomic mass is 10.0. The van der Waals surface area contributed by atoms with Gasteiger partial charge in [0, 0.05) is 22.0 Å². The first-order valence-corrected chi connectivity index (χ1v) is 7.18. The third-order valence-corrected chi connectivity index (χ3v) is 3.43. The number of halogens is 1. The van der Waals surface area contributed by atoms with Gasteiger partial charge in [0.2, 0.25) is 0 Å². The summed E-state index contributed by atoms with van der Waals surface area (Å²) >= 11 is 2.21. The third-order valence-electron chi connectivity index (χ3n) is 2.71. The molecule has 0 amide bonds. The maximum Gasteiger partial charge on any atom is 0.303 e. The number of hydrogen-bond acceptors (Lipinski definition) is 2. The number of Topliss-reactive ketones (excluding diaryl/α,β-unsaturated/α-hetero) is 1. The molecule has 18 heavy (non-hydrogen) atoms. The zero-order chi connectivity index (χ0) is 13.4. The van der Waals surface area contributed by atoms with E-state index in [4.69, 9.17) is 5.11 Å². The summed E-state index contributed by atoms with van der Waals surface area (Å²) in [6.07, 6.45) is 4.12. The van der Waals surface area contributed by atoms with Gasteiger partial charge in [-0.2, -0.15) is 0 Å². The van der Waals surface area contributed by atoms with Gasteiger partial charge in [-0.25, -0.2) is 0 Å². The van der Waals surface area contributed by atoms with E-state index in [0.29, 0.717) is 12.8 Å². The lowest BCUT2D eigenvalue weighted by molar-refractivity contribution is -0.137. The van der Waals surface area contributed by atoms with Crippen LogP contribution in [0, 0.1) is 3.57 Å². The van der Waals surface area contributed by atoms with E-state index in [1.54, 1.807) is 0 Å². The van der Waals surface area contributed by atoms with Gasteiger partial charge in [-0.05, 0) is 47.6 Å². The topological polar surface area (TPSA) is 54.4 Å². The first kappa shape index (κ1) is 15.1. The number of hydrogen-bond donors (Lipinski definition) is 1. The van der Waals surface area contributed by atoms with Crippen LogP contribution >= 0.6 is 22.6 Å². The summed E-state index contributed by atoms with van der Waals surface area (Å²) in [6, 6.07) is 7.57. The fourth-order valence-corrected chi connectivity index (χ4v) is 2.06. The van der Waals surface area contributed by atoms with Crippen molar-refractivity contribution in [2.45, 2.75) is 38.5 Å². The van der Waals surface area contributed by atoms with Crippen molar-refractivity contribution in [3.05, 3.63) is 33.4 Å². The van der Waals surface area contributed by atoms with Gasteiger partial charge in [0.05, 0.1) is 0 Å². The van der Waals surface area contributed by atoms with Gasteiger partial charge >= 0.3 is 5.97 Å². The second-order valence-corrected chi connectivity index (χ2v) is 5.48. The molecular weight excluding hydrogens is 343 g/mol. The molecule has 0 aromatic heterocycles. The predicted octanol–water partition coefficient (Wildman–Crippen LogP) is 3.90. The zero-order valence-electron chi connectivity index (χ0n) is 10.2. The van der Waals surface area contributed by atoms with Gasteiger partial charge in [0.1, 0.15) is 0 Å². The van der Waals surface area contributed by atoms with Crippen LogP contribution in [0.2, 0.25) is 0 Å². The monoisotopic (exact) mass is 360 g/mol. The van der Waals surface area contributed by atoms with Crippen molar-refractivity contribution in [3.63, 3.8) is 0 Å². The lowest BCUT2D eigenvalue weighted by Crippen LogP contribution is -1.99. The molecule has 1 rings (SSSR count). The van der Waals surface area contributed by atoms with Gasteiger partial charge < -0.3 is 5.11 Å². The molecule has 0 bridgehead atoms. The van der Waals surface area contributed by atoms with E-state index in [-0.39, 0.29) is 12.2 Å². The van der Waals surface area contributed by atoms with Crippen LogP contribution < -0.4 is 0 Å². The molecule has 0 heterocycles. The minimum absolute atomic E-state index is 0.171. The molecule has 0 spiro atoms. The maximum atomic E-state index is 11.8. The number of aliphatic carboxylic acids is 1. The Hall–Kier alpha value is -0.910. The Kier molecular flexibility index (Phi) is 6.93. The summed E-state index contributed by atoms with van der Waals surface area (Å²) in [4.78, 5) is 22.1. The second-order valence-electron chi connectivity index (χ2n) is 4.24. The fourth-order valence-electron chi connectivity index (χ4n) is 1.70. The maximum absolute atomic E-state index is 11.8. The number of rotatable bonds is 8. The highest BCUT2D eigenvalue weighted by molar-refractivity contribution is 14.1. The molecule has 0 saturated carbocycles. The van der Waals surface area contributed by atoms with Crippen LogP contribution in [0.1, 0.15) is 48.9 Å². The molecule has 0 aliphatic heterocycles. The molecule has 1 aromatic carbocycles. The Balaban J connectivity index is 2.17. The van der Waals surface area contributed by atoms with E-state index in [1.165, 1.54) is 0 Å². The number of unbranched alkanes of at least 4 members (excludes halogenated alkanes) is 3. The van der Waals surface area contributed by atoms with E-state index < -0.39 is 5.97 Å². The van der Waals surface area contributed by atoms with Crippen LogP contribution in [0.4, 0.5) is 0 Å². The summed E-state index contributed by atoms with van der Waals surface area (Å²) in [5.74, 6) is -0.574. The minimum atomic E-state index is -0.745. The number of carbonyl (C=O) groups is 2. The summed E-state index contributed by atoms with van der Waals surface area (Å²) in [5, 5.41) is 8.47. The molecule has 98 valence electrons. The van der Waals surface area contributed by atoms with E-state index in [2.05, 4.69) is 22.6 Å². The van der Waals surface area contributed by atoms with Crippen LogP contribution in [0.5, 0.6) is 0 Å². The summed E-state index contributed by atoms with van der Waals surface area (Å²) in [6.45, 7) is 0. The number of carboxylic acids is 1. The number of carboxylic acid groups (broad SMARTS) is 1. The summed E-state index contributed by atoms with van der Waals surface area (Å²) < 4.78 is 1.12. The van der Waals surface area contributed by atoms with Crippen molar-refractivity contribution >= 4 is 34.3 Å². The molecule has 1 aromatic rings. The quantitative estimate of drug-likeness (QED) is 0.435. The number of benzene rings is 1. The Morgan fingerprint density at radius 2 is 1.50 bits per heavy atom. The first-order valence-electron chi connectivity index (χ1n) is 6.10. The Bertz CT molecular complexity index is 398. The second kappa shape index (κ2) is 8.24. The SMILES string of the molecule is O=C(O)CCCCCCC(=O)c1ccc(I)cc1. The largest absolute Gasteiger partial charge is 0.481 e. The molecule has 0 atom stereocenters. The van der Waals surface area contributed by atoms with Crippen molar-refractivity contribution in [1.82, 2.24) is 0 Å². The Labute approximate surface area is 121 Å². The van der Waals surface area contributed by atoms with Crippen molar-refractivity contribution in [1.29, 1.82) is 0 Å². The van der Waals surface area contributed by atoms with Gasteiger partial charge in [-0.3, -0.25) is 9.59 Å². The highest BCUT2D eigenvalue weighted by Gasteiger charge is 2.05. The zero-order valence-corrected chi connectivity index (χ0v) is 12.4. The van der Waals surface area contributed by atoms with Gasteiger partial charge in [-0.15, -0.1) is 0 Å². The highest BCUT2D eigenvalue weighted by atomic mass is 127. The van der Waals surface area contributed by atoms with Gasteiger partial charge in [0.15, 0.2) is 5.78 Å². The molecule has 0 unspecified atom stereocenters. The Morgan fingerprint density at radius 3 is 2.06 bits per heavy atom. The molecule has 0 aliphatic carbocycles. The minimum Gasteiger partial charge on any atom is -0.481 e. The van der Waals surface area contributed by atoms with Crippen LogP contribution in [-0.2, 0) is 4.79 Å². The Morgan fingerprint density at radius 1 is 0.944 bits per heavy atom. The van der Waals surface area contributed by atoms with Crippen LogP contribution in [0.25, 0.3) is 0 Å². The van der Waals surface area contributed by atoms with Crippen molar-refractivity contribution in [2.24, 2.45) is 0 Å². The number of carbonyl (C=O) groups excluding carboxylic acids is 1. The van der Waals surface area contributed by atoms with E-state index >= 15 is 0 Å². The molecule has 0 saturated heterocycles. The number of ketones is 1. The van der Waals surface area contributed by atoms with Gasteiger partial charge in [0.25, 0.3) is 0 Å². The average Bonchev–Trinajstić information content (AvgIpc) is 2.34. The molecule has 0 radical (unpaired) electrons. The molecule has 3 nitrogen and oxygen atoms in total. The summed E-state index contributed by atoms with van der Waals surface area (Å²) in [7, 11) is 0. The summed E-state index contributed by atoms with van der Waals surface area (Å²) in [5.41, 5.74) is 0.765. The molecule has 0 fully saturated rings. The smallest absolute Gasteiger partial charge is 0.303 e. The standard InChI is InChI=1S/C14H17IO3/c15-12-9-7-11(8-10-12)13(16)5-3-1-2-4-6-14(17)18/h7-10H,1-6H2,(H,17,18). The average molecular weight is 360 g/mol. The highest BCUT2D eigenvalue weighted by Crippen LogP contribution is 2.12. The van der Waals surface area contributed by atoms with Crippen molar-refractivity contribution in [3.8, 4) is 0 Å². The normalized spacial score (nSPS) is 10.3. The predicted molar refractivity (Wildman–Crippen MR) is 78.8 cm³/mol. The van der Waals surface area contributed by atoms with Crippen molar-refractivity contribution < 1.29 is 14.7 Å². The van der Waals surface area contributed by atoms with Crippen molar-refractivity contribution in [2.75, 3.05) is 0 Å². The van der Waals surface area contributed by atoms with Gasteiger partial charge in [-0.1, -0.05) is 25.0 Å². The molecule has 0 aliphatic rings. The molecular formula is C14H17IO3.